The molecule has 1 aromatic carbocycles. The van der Waals surface area contributed by atoms with E-state index in [2.05, 4.69) is 37.2 Å². The molecule has 0 saturated carbocycles. The lowest BCUT2D eigenvalue weighted by Crippen LogP contribution is -2.32. The van der Waals surface area contributed by atoms with Gasteiger partial charge in [-0.25, -0.2) is 0 Å². The monoisotopic (exact) mass is 245 g/mol. The Morgan fingerprint density at radius 1 is 1.22 bits per heavy atom. The molecule has 2 rings (SSSR count). The zero-order valence-electron chi connectivity index (χ0n) is 11.5. The Morgan fingerprint density at radius 3 is 2.50 bits per heavy atom. The first-order valence-corrected chi connectivity index (χ1v) is 7.19. The zero-order chi connectivity index (χ0) is 13.0. The lowest BCUT2D eigenvalue weighted by Gasteiger charge is -2.40. The summed E-state index contributed by atoms with van der Waals surface area (Å²) in [7, 11) is 0. The van der Waals surface area contributed by atoms with Crippen LogP contribution in [0.3, 0.4) is 0 Å². The van der Waals surface area contributed by atoms with Crippen LogP contribution < -0.4 is 0 Å². The molecule has 0 aromatic heterocycles. The SMILES string of the molecule is CCCC1(CCC)CCC(N=O)c2ccccc21. The molecule has 1 aliphatic rings. The fourth-order valence-corrected chi connectivity index (χ4v) is 3.68. The van der Waals surface area contributed by atoms with Gasteiger partial charge in [-0.1, -0.05) is 56.1 Å². The normalized spacial score (nSPS) is 21.3. The fourth-order valence-electron chi connectivity index (χ4n) is 3.68. The van der Waals surface area contributed by atoms with Crippen molar-refractivity contribution in [1.29, 1.82) is 0 Å². The van der Waals surface area contributed by atoms with E-state index in [4.69, 9.17) is 0 Å². The molecule has 2 nitrogen and oxygen atoms in total. The molecule has 1 unspecified atom stereocenters. The van der Waals surface area contributed by atoms with Crippen LogP contribution in [0.15, 0.2) is 29.4 Å². The summed E-state index contributed by atoms with van der Waals surface area (Å²) < 4.78 is 0. The van der Waals surface area contributed by atoms with Crippen LogP contribution in [0.2, 0.25) is 0 Å². The van der Waals surface area contributed by atoms with Gasteiger partial charge in [-0.3, -0.25) is 0 Å². The average Bonchev–Trinajstić information content (AvgIpc) is 2.40. The van der Waals surface area contributed by atoms with Crippen LogP contribution >= 0.6 is 0 Å². The van der Waals surface area contributed by atoms with Crippen molar-refractivity contribution in [3.05, 3.63) is 40.3 Å². The zero-order valence-corrected chi connectivity index (χ0v) is 11.5. The lowest BCUT2D eigenvalue weighted by atomic mass is 9.64. The second-order valence-corrected chi connectivity index (χ2v) is 5.53. The van der Waals surface area contributed by atoms with Gasteiger partial charge in [-0.15, -0.1) is 0 Å². The summed E-state index contributed by atoms with van der Waals surface area (Å²) in [6.07, 6.45) is 6.89. The summed E-state index contributed by atoms with van der Waals surface area (Å²) in [5.41, 5.74) is 2.87. The van der Waals surface area contributed by atoms with Crippen molar-refractivity contribution in [1.82, 2.24) is 0 Å². The first-order chi connectivity index (χ1) is 8.77. The Labute approximate surface area is 110 Å². The Morgan fingerprint density at radius 2 is 1.89 bits per heavy atom. The van der Waals surface area contributed by atoms with E-state index >= 15 is 0 Å². The van der Waals surface area contributed by atoms with E-state index in [9.17, 15) is 4.91 Å². The standard InChI is InChI=1S/C16H23NO/c1-3-10-16(11-4-2)12-9-15(17-18)13-7-5-6-8-14(13)16/h5-8,15H,3-4,9-12H2,1-2H3. The van der Waals surface area contributed by atoms with Crippen LogP contribution in [-0.2, 0) is 5.41 Å². The quantitative estimate of drug-likeness (QED) is 0.661. The highest BCUT2D eigenvalue weighted by Gasteiger charge is 2.38. The van der Waals surface area contributed by atoms with Crippen LogP contribution in [0.25, 0.3) is 0 Å². The maximum absolute atomic E-state index is 11.0. The van der Waals surface area contributed by atoms with Crippen molar-refractivity contribution in [2.24, 2.45) is 5.18 Å². The molecule has 0 amide bonds. The number of hydrogen-bond donors (Lipinski definition) is 0. The molecule has 0 saturated heterocycles. The molecule has 0 spiro atoms. The summed E-state index contributed by atoms with van der Waals surface area (Å²) in [6.45, 7) is 4.51. The molecule has 0 fully saturated rings. The minimum Gasteiger partial charge on any atom is -0.150 e. The molecule has 0 heterocycles. The van der Waals surface area contributed by atoms with Gasteiger partial charge in [-0.2, -0.15) is 4.91 Å². The fraction of sp³-hybridized carbons (Fsp3) is 0.625. The van der Waals surface area contributed by atoms with Crippen LogP contribution in [-0.4, -0.2) is 0 Å². The summed E-state index contributed by atoms with van der Waals surface area (Å²) in [5, 5.41) is 3.32. The van der Waals surface area contributed by atoms with Crippen LogP contribution in [0.4, 0.5) is 0 Å². The second-order valence-electron chi connectivity index (χ2n) is 5.53. The van der Waals surface area contributed by atoms with E-state index in [-0.39, 0.29) is 6.04 Å². The topological polar surface area (TPSA) is 29.4 Å². The van der Waals surface area contributed by atoms with Crippen molar-refractivity contribution < 1.29 is 0 Å². The van der Waals surface area contributed by atoms with Gasteiger partial charge >= 0.3 is 0 Å². The Bertz CT molecular complexity index is 407. The van der Waals surface area contributed by atoms with Crippen LogP contribution in [0, 0.1) is 4.91 Å². The third-order valence-electron chi connectivity index (χ3n) is 4.37. The molecule has 1 aromatic rings. The molecule has 2 heteroatoms. The summed E-state index contributed by atoms with van der Waals surface area (Å²) in [6, 6.07) is 8.33. The first-order valence-electron chi connectivity index (χ1n) is 7.19. The molecule has 0 radical (unpaired) electrons. The third kappa shape index (κ3) is 2.21. The molecular formula is C16H23NO. The third-order valence-corrected chi connectivity index (χ3v) is 4.37. The van der Waals surface area contributed by atoms with Gasteiger partial charge in [0.1, 0.15) is 6.04 Å². The van der Waals surface area contributed by atoms with Gasteiger partial charge in [0.05, 0.1) is 0 Å². The number of nitroso groups, excluding NO2 is 1. The predicted octanol–water partition coefficient (Wildman–Crippen LogP) is 5.13. The number of nitrogens with zero attached hydrogens (tertiary/aromatic N) is 1. The number of benzene rings is 1. The van der Waals surface area contributed by atoms with Crippen LogP contribution in [0.5, 0.6) is 0 Å². The van der Waals surface area contributed by atoms with Gasteiger partial charge < -0.3 is 0 Å². The van der Waals surface area contributed by atoms with E-state index in [0.29, 0.717) is 5.41 Å². The van der Waals surface area contributed by atoms with Crippen molar-refractivity contribution in [3.63, 3.8) is 0 Å². The van der Waals surface area contributed by atoms with E-state index in [1.807, 2.05) is 6.07 Å². The molecule has 98 valence electrons. The van der Waals surface area contributed by atoms with Crippen molar-refractivity contribution in [3.8, 4) is 0 Å². The van der Waals surface area contributed by atoms with Gasteiger partial charge in [0.15, 0.2) is 0 Å². The molecule has 1 atom stereocenters. The minimum absolute atomic E-state index is 0.122. The lowest BCUT2D eigenvalue weighted by molar-refractivity contribution is 0.289. The maximum Gasteiger partial charge on any atom is 0.117 e. The number of hydrogen-bond acceptors (Lipinski definition) is 2. The molecule has 0 aliphatic heterocycles. The molecule has 0 N–H and O–H groups in total. The van der Waals surface area contributed by atoms with Gasteiger partial charge in [0, 0.05) is 0 Å². The molecular weight excluding hydrogens is 222 g/mol. The number of fused-ring (bicyclic) bond motifs is 1. The number of rotatable bonds is 5. The summed E-state index contributed by atoms with van der Waals surface area (Å²) in [4.78, 5) is 11.0. The van der Waals surface area contributed by atoms with Crippen LogP contribution in [0.1, 0.15) is 69.5 Å². The smallest absolute Gasteiger partial charge is 0.117 e. The van der Waals surface area contributed by atoms with E-state index in [1.165, 1.54) is 36.8 Å². The Hall–Kier alpha value is -1.18. The highest BCUT2D eigenvalue weighted by molar-refractivity contribution is 5.39. The predicted molar refractivity (Wildman–Crippen MR) is 75.7 cm³/mol. The largest absolute Gasteiger partial charge is 0.150 e. The average molecular weight is 245 g/mol. The van der Waals surface area contributed by atoms with Gasteiger partial charge in [-0.05, 0) is 42.2 Å². The minimum atomic E-state index is -0.122. The molecule has 1 aliphatic carbocycles. The first kappa shape index (κ1) is 13.3. The Balaban J connectivity index is 2.47. The highest BCUT2D eigenvalue weighted by Crippen LogP contribution is 2.48. The van der Waals surface area contributed by atoms with Gasteiger partial charge in [0.2, 0.25) is 0 Å². The highest BCUT2D eigenvalue weighted by atomic mass is 16.3. The molecule has 18 heavy (non-hydrogen) atoms. The van der Waals surface area contributed by atoms with Crippen molar-refractivity contribution in [2.45, 2.75) is 63.8 Å². The van der Waals surface area contributed by atoms with Crippen molar-refractivity contribution in [2.75, 3.05) is 0 Å². The van der Waals surface area contributed by atoms with Crippen molar-refractivity contribution >= 4 is 0 Å². The van der Waals surface area contributed by atoms with E-state index in [0.717, 1.165) is 12.8 Å². The summed E-state index contributed by atoms with van der Waals surface area (Å²) in [5.74, 6) is 0. The van der Waals surface area contributed by atoms with E-state index in [1.54, 1.807) is 0 Å². The van der Waals surface area contributed by atoms with Gasteiger partial charge in [0.25, 0.3) is 0 Å². The molecule has 0 bridgehead atoms. The Kier molecular flexibility index (Phi) is 4.15. The van der Waals surface area contributed by atoms with E-state index < -0.39 is 0 Å². The maximum atomic E-state index is 11.0. The second kappa shape index (κ2) is 5.64. The summed E-state index contributed by atoms with van der Waals surface area (Å²) >= 11 is 0.